The molecule has 0 saturated carbocycles. The molecule has 94 valence electrons. The lowest BCUT2D eigenvalue weighted by Gasteiger charge is -2.02. The Balaban J connectivity index is 2.78. The maximum absolute atomic E-state index is 11.5. The lowest BCUT2D eigenvalue weighted by atomic mass is 10.2. The Kier molecular flexibility index (Phi) is 4.56. The summed E-state index contributed by atoms with van der Waals surface area (Å²) < 4.78 is 0. The van der Waals surface area contributed by atoms with Crippen LogP contribution in [0.15, 0.2) is 24.5 Å². The van der Waals surface area contributed by atoms with Crippen LogP contribution in [0, 0.1) is 0 Å². The van der Waals surface area contributed by atoms with Crippen molar-refractivity contribution in [3.63, 3.8) is 0 Å². The minimum Gasteiger partial charge on any atom is -0.478 e. The van der Waals surface area contributed by atoms with E-state index in [9.17, 15) is 14.4 Å². The standard InChI is InChI=1S/C11H11N3O4/c12-9(15)6-14-11(18)8-3-7(4-13-5-8)1-2-10(16)17/h1-5H,6H2,(H2,12,15)(H,14,18)(H,16,17)/b2-1+. The third-order valence-corrected chi connectivity index (χ3v) is 1.86. The van der Waals surface area contributed by atoms with Gasteiger partial charge in [-0.2, -0.15) is 0 Å². The maximum atomic E-state index is 11.5. The van der Waals surface area contributed by atoms with Gasteiger partial charge in [-0.3, -0.25) is 14.6 Å². The van der Waals surface area contributed by atoms with Crippen molar-refractivity contribution in [3.05, 3.63) is 35.7 Å². The largest absolute Gasteiger partial charge is 0.478 e. The third kappa shape index (κ3) is 4.44. The first-order valence-electron chi connectivity index (χ1n) is 4.91. The number of hydrogen-bond donors (Lipinski definition) is 3. The quantitative estimate of drug-likeness (QED) is 0.601. The Morgan fingerprint density at radius 3 is 2.72 bits per heavy atom. The molecule has 0 aliphatic rings. The molecule has 0 fully saturated rings. The number of carboxylic acid groups (broad SMARTS) is 1. The highest BCUT2D eigenvalue weighted by Gasteiger charge is 2.06. The smallest absolute Gasteiger partial charge is 0.328 e. The second-order valence-electron chi connectivity index (χ2n) is 3.33. The molecule has 7 heteroatoms. The van der Waals surface area contributed by atoms with Crippen molar-refractivity contribution in [2.45, 2.75) is 0 Å². The van der Waals surface area contributed by atoms with Crippen LogP contribution >= 0.6 is 0 Å². The zero-order valence-corrected chi connectivity index (χ0v) is 9.29. The van der Waals surface area contributed by atoms with Gasteiger partial charge in [-0.25, -0.2) is 4.79 Å². The van der Waals surface area contributed by atoms with Crippen LogP contribution in [0.1, 0.15) is 15.9 Å². The molecule has 7 nitrogen and oxygen atoms in total. The SMILES string of the molecule is NC(=O)CNC(=O)c1cncc(/C=C/C(=O)O)c1. The molecule has 0 atom stereocenters. The van der Waals surface area contributed by atoms with E-state index in [1.165, 1.54) is 24.5 Å². The number of hydrogen-bond acceptors (Lipinski definition) is 4. The number of aromatic nitrogens is 1. The fourth-order valence-electron chi connectivity index (χ4n) is 1.11. The van der Waals surface area contributed by atoms with E-state index in [1.807, 2.05) is 0 Å². The van der Waals surface area contributed by atoms with Crippen molar-refractivity contribution in [1.29, 1.82) is 0 Å². The number of carboxylic acids is 1. The average Bonchev–Trinajstić information content (AvgIpc) is 2.33. The number of carbonyl (C=O) groups is 3. The summed E-state index contributed by atoms with van der Waals surface area (Å²) in [6.45, 7) is -0.270. The van der Waals surface area contributed by atoms with E-state index < -0.39 is 17.8 Å². The van der Waals surface area contributed by atoms with Crippen molar-refractivity contribution >= 4 is 23.9 Å². The predicted molar refractivity (Wildman–Crippen MR) is 62.4 cm³/mol. The van der Waals surface area contributed by atoms with Gasteiger partial charge >= 0.3 is 5.97 Å². The molecular weight excluding hydrogens is 238 g/mol. The van der Waals surface area contributed by atoms with E-state index in [1.54, 1.807) is 0 Å². The number of rotatable bonds is 5. The van der Waals surface area contributed by atoms with Gasteiger partial charge in [0.2, 0.25) is 5.91 Å². The molecule has 0 radical (unpaired) electrons. The van der Waals surface area contributed by atoms with E-state index in [4.69, 9.17) is 10.8 Å². The van der Waals surface area contributed by atoms with Crippen LogP contribution in [0.3, 0.4) is 0 Å². The number of nitrogens with one attached hydrogen (secondary N) is 1. The molecule has 0 saturated heterocycles. The molecule has 1 heterocycles. The van der Waals surface area contributed by atoms with Crippen molar-refractivity contribution < 1.29 is 19.5 Å². The summed E-state index contributed by atoms with van der Waals surface area (Å²) >= 11 is 0. The molecule has 1 rings (SSSR count). The summed E-state index contributed by atoms with van der Waals surface area (Å²) in [6.07, 6.45) is 4.95. The van der Waals surface area contributed by atoms with Gasteiger partial charge in [0.1, 0.15) is 0 Å². The lowest BCUT2D eigenvalue weighted by molar-refractivity contribution is -0.131. The molecule has 1 aromatic heterocycles. The molecule has 0 bridgehead atoms. The van der Waals surface area contributed by atoms with Gasteiger partial charge in [0.25, 0.3) is 5.91 Å². The van der Waals surface area contributed by atoms with Crippen LogP contribution in [-0.4, -0.2) is 34.4 Å². The Labute approximate surface area is 102 Å². The topological polar surface area (TPSA) is 122 Å². The van der Waals surface area contributed by atoms with Crippen molar-refractivity contribution in [2.24, 2.45) is 5.73 Å². The number of pyridine rings is 1. The summed E-state index contributed by atoms with van der Waals surface area (Å²) in [5, 5.41) is 10.8. The number of aliphatic carboxylic acids is 1. The summed E-state index contributed by atoms with van der Waals surface area (Å²) in [6, 6.07) is 1.45. The fourth-order valence-corrected chi connectivity index (χ4v) is 1.11. The first-order valence-corrected chi connectivity index (χ1v) is 4.91. The molecule has 0 aliphatic carbocycles. The van der Waals surface area contributed by atoms with Crippen LogP contribution < -0.4 is 11.1 Å². The molecule has 0 unspecified atom stereocenters. The molecule has 4 N–H and O–H groups in total. The normalized spacial score (nSPS) is 10.2. The molecule has 1 aromatic rings. The molecule has 0 aromatic carbocycles. The van der Waals surface area contributed by atoms with Crippen molar-refractivity contribution in [2.75, 3.05) is 6.54 Å². The number of nitrogens with two attached hydrogens (primary N) is 1. The van der Waals surface area contributed by atoms with Gasteiger partial charge in [0, 0.05) is 18.5 Å². The molecule has 0 spiro atoms. The average molecular weight is 249 g/mol. The molecular formula is C11H11N3O4. The lowest BCUT2D eigenvalue weighted by Crippen LogP contribution is -2.33. The highest BCUT2D eigenvalue weighted by molar-refractivity contribution is 5.96. The Bertz CT molecular complexity index is 511. The number of amides is 2. The van der Waals surface area contributed by atoms with Crippen molar-refractivity contribution in [1.82, 2.24) is 10.3 Å². The summed E-state index contributed by atoms with van der Waals surface area (Å²) in [4.78, 5) is 36.2. The van der Waals surface area contributed by atoms with Crippen LogP contribution in [-0.2, 0) is 9.59 Å². The van der Waals surface area contributed by atoms with Gasteiger partial charge < -0.3 is 16.2 Å². The molecule has 18 heavy (non-hydrogen) atoms. The van der Waals surface area contributed by atoms with Crippen molar-refractivity contribution in [3.8, 4) is 0 Å². The second kappa shape index (κ2) is 6.14. The molecule has 0 aliphatic heterocycles. The van der Waals surface area contributed by atoms with Crippen LogP contribution in [0.5, 0.6) is 0 Å². The van der Waals surface area contributed by atoms with Crippen LogP contribution in [0.2, 0.25) is 0 Å². The Hall–Kier alpha value is -2.70. The zero-order valence-electron chi connectivity index (χ0n) is 9.29. The number of nitrogens with zero attached hydrogens (tertiary/aromatic N) is 1. The molecule has 2 amide bonds. The van der Waals surface area contributed by atoms with E-state index in [0.717, 1.165) is 6.08 Å². The fraction of sp³-hybridized carbons (Fsp3) is 0.0909. The van der Waals surface area contributed by atoms with E-state index in [-0.39, 0.29) is 12.1 Å². The minimum absolute atomic E-state index is 0.212. The highest BCUT2D eigenvalue weighted by atomic mass is 16.4. The van der Waals surface area contributed by atoms with E-state index >= 15 is 0 Å². The second-order valence-corrected chi connectivity index (χ2v) is 3.33. The predicted octanol–water partition coefficient (Wildman–Crippen LogP) is -0.605. The highest BCUT2D eigenvalue weighted by Crippen LogP contribution is 2.04. The van der Waals surface area contributed by atoms with Gasteiger partial charge in [0.05, 0.1) is 12.1 Å². The van der Waals surface area contributed by atoms with Crippen LogP contribution in [0.4, 0.5) is 0 Å². The van der Waals surface area contributed by atoms with Gasteiger partial charge in [-0.15, -0.1) is 0 Å². The van der Waals surface area contributed by atoms with Crippen LogP contribution in [0.25, 0.3) is 6.08 Å². The Morgan fingerprint density at radius 2 is 2.11 bits per heavy atom. The monoisotopic (exact) mass is 249 g/mol. The Morgan fingerprint density at radius 1 is 1.39 bits per heavy atom. The summed E-state index contributed by atoms with van der Waals surface area (Å²) in [7, 11) is 0. The number of carbonyl (C=O) groups excluding carboxylic acids is 2. The van der Waals surface area contributed by atoms with Gasteiger partial charge in [-0.1, -0.05) is 0 Å². The minimum atomic E-state index is -1.10. The van der Waals surface area contributed by atoms with E-state index in [2.05, 4.69) is 10.3 Å². The zero-order chi connectivity index (χ0) is 13.5. The van der Waals surface area contributed by atoms with E-state index in [0.29, 0.717) is 5.56 Å². The summed E-state index contributed by atoms with van der Waals surface area (Å²) in [5.41, 5.74) is 5.56. The summed E-state index contributed by atoms with van der Waals surface area (Å²) in [5.74, 6) is -2.26. The van der Waals surface area contributed by atoms with Gasteiger partial charge in [0.15, 0.2) is 0 Å². The first kappa shape index (κ1) is 13.4. The first-order chi connectivity index (χ1) is 8.49. The number of primary amides is 1. The maximum Gasteiger partial charge on any atom is 0.328 e. The third-order valence-electron chi connectivity index (χ3n) is 1.86. The van der Waals surface area contributed by atoms with Gasteiger partial charge in [-0.05, 0) is 17.7 Å².